The Bertz CT molecular complexity index is 508. The molecule has 0 saturated heterocycles. The minimum atomic E-state index is 0.578. The first-order chi connectivity index (χ1) is 8.27. The van der Waals surface area contributed by atoms with Crippen molar-refractivity contribution in [3.63, 3.8) is 0 Å². The van der Waals surface area contributed by atoms with E-state index in [1.54, 1.807) is 16.9 Å². The number of nitrogens with zero attached hydrogens (tertiary/aromatic N) is 5. The fourth-order valence-electron chi connectivity index (χ4n) is 1.29. The Balaban J connectivity index is 1.86. The molecule has 90 valence electrons. The number of rotatable bonds is 6. The van der Waals surface area contributed by atoms with Crippen molar-refractivity contribution in [1.29, 1.82) is 0 Å². The molecule has 0 amide bonds. The Morgan fingerprint density at radius 2 is 2.41 bits per heavy atom. The first kappa shape index (κ1) is 11.5. The summed E-state index contributed by atoms with van der Waals surface area (Å²) < 4.78 is 6.96. The van der Waals surface area contributed by atoms with Crippen molar-refractivity contribution in [2.75, 3.05) is 25.1 Å². The van der Waals surface area contributed by atoms with Crippen LogP contribution in [0.2, 0.25) is 0 Å². The van der Waals surface area contributed by atoms with Crippen LogP contribution in [0.5, 0.6) is 0 Å². The van der Waals surface area contributed by atoms with Gasteiger partial charge in [0, 0.05) is 6.54 Å². The Kier molecular flexibility index (Phi) is 3.61. The van der Waals surface area contributed by atoms with Gasteiger partial charge in [-0.15, -0.1) is 5.10 Å². The third-order valence-electron chi connectivity index (χ3n) is 2.01. The zero-order valence-corrected chi connectivity index (χ0v) is 9.63. The number of hydrogen-bond donors (Lipinski definition) is 1. The lowest BCUT2D eigenvalue weighted by atomic mass is 10.4. The minimum absolute atomic E-state index is 0.578. The first-order valence-corrected chi connectivity index (χ1v) is 5.25. The van der Waals surface area contributed by atoms with Gasteiger partial charge in [-0.1, -0.05) is 12.2 Å². The van der Waals surface area contributed by atoms with Gasteiger partial charge in [-0.05, 0) is 17.4 Å². The number of ether oxygens (including phenoxy) is 1. The molecule has 0 unspecified atom stereocenters. The van der Waals surface area contributed by atoms with Crippen LogP contribution >= 0.6 is 0 Å². The molecule has 0 aromatic carbocycles. The Morgan fingerprint density at radius 3 is 3.24 bits per heavy atom. The van der Waals surface area contributed by atoms with Gasteiger partial charge in [0.25, 0.3) is 0 Å². The topological polar surface area (TPSA) is 77.2 Å². The van der Waals surface area contributed by atoms with E-state index in [1.165, 1.54) is 0 Å². The Labute approximate surface area is 98.5 Å². The summed E-state index contributed by atoms with van der Waals surface area (Å²) in [7, 11) is 0. The van der Waals surface area contributed by atoms with Gasteiger partial charge < -0.3 is 10.1 Å². The second kappa shape index (κ2) is 5.35. The molecule has 1 N–H and O–H groups in total. The van der Waals surface area contributed by atoms with Crippen LogP contribution < -0.4 is 5.32 Å². The molecule has 2 heterocycles. The van der Waals surface area contributed by atoms with Crippen molar-refractivity contribution in [2.45, 2.75) is 6.92 Å². The van der Waals surface area contributed by atoms with E-state index in [0.29, 0.717) is 25.4 Å². The van der Waals surface area contributed by atoms with Crippen molar-refractivity contribution in [3.8, 4) is 0 Å². The fraction of sp³-hybridized carbons (Fsp3) is 0.400. The maximum Gasteiger partial charge on any atom is 0.199 e. The fourth-order valence-corrected chi connectivity index (χ4v) is 1.29. The lowest BCUT2D eigenvalue weighted by Gasteiger charge is -2.07. The van der Waals surface area contributed by atoms with Crippen molar-refractivity contribution < 1.29 is 4.74 Å². The van der Waals surface area contributed by atoms with Crippen LogP contribution in [-0.2, 0) is 4.74 Å². The largest absolute Gasteiger partial charge is 0.375 e. The predicted octanol–water partition coefficient (Wildman–Crippen LogP) is 0.524. The molecule has 2 rings (SSSR count). The zero-order valence-electron chi connectivity index (χ0n) is 9.63. The number of hydrogen-bond acceptors (Lipinski definition) is 6. The first-order valence-electron chi connectivity index (χ1n) is 5.25. The van der Waals surface area contributed by atoms with E-state index >= 15 is 0 Å². The summed E-state index contributed by atoms with van der Waals surface area (Å²) in [6.45, 7) is 7.52. The molecule has 0 fully saturated rings. The van der Waals surface area contributed by atoms with Crippen LogP contribution in [0.4, 0.5) is 5.82 Å². The standard InChI is InChI=1S/C10H14N6O/c1-8(2)7-17-4-3-12-9-5-11-6-10-13-14-15-16(9)10/h5-6,12H,1,3-4,7H2,2H3. The van der Waals surface area contributed by atoms with Crippen LogP contribution in [0, 0.1) is 0 Å². The third-order valence-corrected chi connectivity index (χ3v) is 2.01. The molecule has 17 heavy (non-hydrogen) atoms. The molecule has 0 aliphatic heterocycles. The summed E-state index contributed by atoms with van der Waals surface area (Å²) in [6, 6.07) is 0. The molecule has 0 radical (unpaired) electrons. The van der Waals surface area contributed by atoms with Gasteiger partial charge in [0.15, 0.2) is 5.65 Å². The van der Waals surface area contributed by atoms with E-state index < -0.39 is 0 Å². The number of aromatic nitrogens is 5. The van der Waals surface area contributed by atoms with Gasteiger partial charge in [0.2, 0.25) is 0 Å². The SMILES string of the molecule is C=C(C)COCCNc1cncc2nnnn12. The summed E-state index contributed by atoms with van der Waals surface area (Å²) in [5.41, 5.74) is 1.62. The molecule has 7 heteroatoms. The van der Waals surface area contributed by atoms with Gasteiger partial charge in [-0.3, -0.25) is 4.98 Å². The lowest BCUT2D eigenvalue weighted by molar-refractivity contribution is 0.167. The van der Waals surface area contributed by atoms with Crippen LogP contribution in [0.25, 0.3) is 5.65 Å². The van der Waals surface area contributed by atoms with Crippen LogP contribution in [0.1, 0.15) is 6.92 Å². The Hall–Kier alpha value is -2.02. The van der Waals surface area contributed by atoms with E-state index in [2.05, 4.69) is 32.4 Å². The monoisotopic (exact) mass is 234 g/mol. The van der Waals surface area contributed by atoms with E-state index in [4.69, 9.17) is 4.74 Å². The molecule has 7 nitrogen and oxygen atoms in total. The van der Waals surface area contributed by atoms with Gasteiger partial charge in [-0.2, -0.15) is 4.52 Å². The number of fused-ring (bicyclic) bond motifs is 1. The van der Waals surface area contributed by atoms with E-state index in [0.717, 1.165) is 11.4 Å². The number of nitrogens with one attached hydrogen (secondary N) is 1. The second-order valence-corrected chi connectivity index (χ2v) is 3.68. The number of tetrazole rings is 1. The van der Waals surface area contributed by atoms with E-state index in [1.807, 2.05) is 6.92 Å². The van der Waals surface area contributed by atoms with E-state index in [-0.39, 0.29) is 0 Å². The molecule has 0 aliphatic rings. The lowest BCUT2D eigenvalue weighted by Crippen LogP contribution is -2.13. The smallest absolute Gasteiger partial charge is 0.199 e. The van der Waals surface area contributed by atoms with Crippen molar-refractivity contribution in [1.82, 2.24) is 25.0 Å². The van der Waals surface area contributed by atoms with Crippen molar-refractivity contribution in [3.05, 3.63) is 24.5 Å². The maximum absolute atomic E-state index is 5.37. The maximum atomic E-state index is 5.37. The predicted molar refractivity (Wildman–Crippen MR) is 62.7 cm³/mol. The highest BCUT2D eigenvalue weighted by atomic mass is 16.5. The average Bonchev–Trinajstić information content (AvgIpc) is 2.77. The molecule has 0 aliphatic carbocycles. The molecule has 0 spiro atoms. The second-order valence-electron chi connectivity index (χ2n) is 3.68. The summed E-state index contributed by atoms with van der Waals surface area (Å²) >= 11 is 0. The number of anilines is 1. The quantitative estimate of drug-likeness (QED) is 0.580. The van der Waals surface area contributed by atoms with Crippen molar-refractivity contribution >= 4 is 11.5 Å². The van der Waals surface area contributed by atoms with Gasteiger partial charge >= 0.3 is 0 Å². The molecule has 2 aromatic rings. The van der Waals surface area contributed by atoms with Gasteiger partial charge in [0.05, 0.1) is 25.6 Å². The summed E-state index contributed by atoms with van der Waals surface area (Å²) in [4.78, 5) is 4.03. The highest BCUT2D eigenvalue weighted by Crippen LogP contribution is 2.04. The van der Waals surface area contributed by atoms with Crippen LogP contribution in [0.15, 0.2) is 24.5 Å². The Morgan fingerprint density at radius 1 is 1.53 bits per heavy atom. The summed E-state index contributed by atoms with van der Waals surface area (Å²) in [5.74, 6) is 0.742. The highest BCUT2D eigenvalue weighted by Gasteiger charge is 2.02. The van der Waals surface area contributed by atoms with Crippen LogP contribution in [0.3, 0.4) is 0 Å². The third kappa shape index (κ3) is 2.97. The van der Waals surface area contributed by atoms with Crippen LogP contribution in [-0.4, -0.2) is 44.8 Å². The minimum Gasteiger partial charge on any atom is -0.375 e. The summed E-state index contributed by atoms with van der Waals surface area (Å²) in [5, 5.41) is 14.4. The molecular weight excluding hydrogens is 220 g/mol. The zero-order chi connectivity index (χ0) is 12.1. The molecule has 0 saturated carbocycles. The normalized spacial score (nSPS) is 10.6. The average molecular weight is 234 g/mol. The molecule has 2 aromatic heterocycles. The highest BCUT2D eigenvalue weighted by molar-refractivity contribution is 5.43. The molecular formula is C10H14N6O. The van der Waals surface area contributed by atoms with Gasteiger partial charge in [0.1, 0.15) is 5.82 Å². The van der Waals surface area contributed by atoms with Crippen molar-refractivity contribution in [2.24, 2.45) is 0 Å². The van der Waals surface area contributed by atoms with E-state index in [9.17, 15) is 0 Å². The molecule has 0 bridgehead atoms. The molecule has 0 atom stereocenters. The summed E-state index contributed by atoms with van der Waals surface area (Å²) in [6.07, 6.45) is 3.27. The van der Waals surface area contributed by atoms with Gasteiger partial charge in [-0.25, -0.2) is 0 Å².